The summed E-state index contributed by atoms with van der Waals surface area (Å²) in [4.78, 5) is 31.6. The van der Waals surface area contributed by atoms with Crippen LogP contribution in [0.2, 0.25) is 0 Å². The molecule has 4 rings (SSSR count). The first-order chi connectivity index (χ1) is 16.0. The lowest BCUT2D eigenvalue weighted by Gasteiger charge is -2.15. The van der Waals surface area contributed by atoms with Crippen molar-refractivity contribution >= 4 is 62.2 Å². The average molecular weight is 523 g/mol. The SMILES string of the molecule is COc1cc(/C=C2\SC(=Nc3ccccc3)N(c3ccccc3)C2=O)cc(Br)c1OC(C)=O. The summed E-state index contributed by atoms with van der Waals surface area (Å²) in [6, 6.07) is 22.4. The Balaban J connectivity index is 1.76. The molecule has 0 N–H and O–H groups in total. The summed E-state index contributed by atoms with van der Waals surface area (Å²) in [5.41, 5.74) is 2.20. The first-order valence-corrected chi connectivity index (χ1v) is 11.6. The lowest BCUT2D eigenvalue weighted by molar-refractivity contribution is -0.132. The summed E-state index contributed by atoms with van der Waals surface area (Å²) < 4.78 is 11.2. The van der Waals surface area contributed by atoms with E-state index in [9.17, 15) is 9.59 Å². The van der Waals surface area contributed by atoms with Gasteiger partial charge in [-0.15, -0.1) is 0 Å². The smallest absolute Gasteiger partial charge is 0.308 e. The van der Waals surface area contributed by atoms with Crippen molar-refractivity contribution in [2.45, 2.75) is 6.92 Å². The van der Waals surface area contributed by atoms with E-state index in [1.807, 2.05) is 60.7 Å². The molecule has 3 aromatic rings. The molecular weight excluding hydrogens is 504 g/mol. The first-order valence-electron chi connectivity index (χ1n) is 9.95. The molecule has 6 nitrogen and oxygen atoms in total. The number of ether oxygens (including phenoxy) is 2. The van der Waals surface area contributed by atoms with Crippen LogP contribution in [0.4, 0.5) is 11.4 Å². The first kappa shape index (κ1) is 22.8. The average Bonchev–Trinajstić information content (AvgIpc) is 3.10. The Morgan fingerprint density at radius 3 is 2.36 bits per heavy atom. The number of methoxy groups -OCH3 is 1. The number of carbonyl (C=O) groups excluding carboxylic acids is 2. The van der Waals surface area contributed by atoms with Crippen LogP contribution in [0.15, 0.2) is 87.2 Å². The molecule has 1 aliphatic rings. The Bertz CT molecular complexity index is 1260. The van der Waals surface area contributed by atoms with Crippen LogP contribution in [0, 0.1) is 0 Å². The van der Waals surface area contributed by atoms with Gasteiger partial charge in [0, 0.05) is 6.92 Å². The number of amidine groups is 1. The zero-order chi connectivity index (χ0) is 23.4. The molecule has 1 aliphatic heterocycles. The minimum atomic E-state index is -0.457. The van der Waals surface area contributed by atoms with Gasteiger partial charge in [0.2, 0.25) is 0 Å². The summed E-state index contributed by atoms with van der Waals surface area (Å²) in [7, 11) is 1.49. The molecule has 8 heteroatoms. The number of thioether (sulfide) groups is 1. The van der Waals surface area contributed by atoms with E-state index in [0.29, 0.717) is 25.9 Å². The molecule has 0 spiro atoms. The van der Waals surface area contributed by atoms with Crippen molar-refractivity contribution in [3.63, 3.8) is 0 Å². The number of hydrogen-bond acceptors (Lipinski definition) is 6. The topological polar surface area (TPSA) is 68.2 Å². The minimum absolute atomic E-state index is 0.181. The van der Waals surface area contributed by atoms with Gasteiger partial charge in [0.15, 0.2) is 16.7 Å². The number of halogens is 1. The minimum Gasteiger partial charge on any atom is -0.493 e. The fraction of sp³-hybridized carbons (Fsp3) is 0.0800. The Hall–Kier alpha value is -3.36. The maximum atomic E-state index is 13.4. The molecule has 33 heavy (non-hydrogen) atoms. The number of hydrogen-bond donors (Lipinski definition) is 0. The van der Waals surface area contributed by atoms with Crippen molar-refractivity contribution in [1.29, 1.82) is 0 Å². The van der Waals surface area contributed by atoms with Crippen molar-refractivity contribution in [3.8, 4) is 11.5 Å². The standard InChI is InChI=1S/C25H19BrN2O4S/c1-16(29)32-23-20(26)13-17(14-21(23)31-2)15-22-24(30)28(19-11-7-4-8-12-19)25(33-22)27-18-9-5-3-6-10-18/h3-15H,1-2H3/b22-15-,27-25?. The Morgan fingerprint density at radius 1 is 1.06 bits per heavy atom. The van der Waals surface area contributed by atoms with E-state index in [1.54, 1.807) is 23.1 Å². The molecule has 0 saturated carbocycles. The Kier molecular flexibility index (Phi) is 6.96. The highest BCUT2D eigenvalue weighted by molar-refractivity contribution is 9.10. The number of nitrogens with zero attached hydrogens (tertiary/aromatic N) is 2. The molecule has 1 fully saturated rings. The van der Waals surface area contributed by atoms with E-state index in [4.69, 9.17) is 14.5 Å². The van der Waals surface area contributed by atoms with Crippen molar-refractivity contribution in [2.24, 2.45) is 4.99 Å². The van der Waals surface area contributed by atoms with E-state index in [2.05, 4.69) is 15.9 Å². The number of rotatable bonds is 5. The van der Waals surface area contributed by atoms with Crippen LogP contribution in [-0.4, -0.2) is 24.2 Å². The third-order valence-corrected chi connectivity index (χ3v) is 6.15. The van der Waals surface area contributed by atoms with Gasteiger partial charge in [-0.05, 0) is 75.7 Å². The molecule has 0 radical (unpaired) electrons. The molecule has 0 aliphatic carbocycles. The molecule has 0 aromatic heterocycles. The molecule has 0 atom stereocenters. The number of benzene rings is 3. The molecular formula is C25H19BrN2O4S. The molecule has 1 amide bonds. The molecule has 0 unspecified atom stereocenters. The second kappa shape index (κ2) is 10.1. The van der Waals surface area contributed by atoms with Gasteiger partial charge in [-0.2, -0.15) is 0 Å². The fourth-order valence-corrected chi connectivity index (χ4v) is 4.73. The van der Waals surface area contributed by atoms with Gasteiger partial charge in [0.1, 0.15) is 0 Å². The lowest BCUT2D eigenvalue weighted by Crippen LogP contribution is -2.28. The van der Waals surface area contributed by atoms with Crippen molar-refractivity contribution in [3.05, 3.63) is 87.7 Å². The number of amides is 1. The van der Waals surface area contributed by atoms with Crippen molar-refractivity contribution in [2.75, 3.05) is 12.0 Å². The molecule has 0 bridgehead atoms. The van der Waals surface area contributed by atoms with Crippen LogP contribution >= 0.6 is 27.7 Å². The van der Waals surface area contributed by atoms with Gasteiger partial charge in [-0.25, -0.2) is 4.99 Å². The summed E-state index contributed by atoms with van der Waals surface area (Å²) in [6.07, 6.45) is 1.77. The Labute approximate surface area is 204 Å². The summed E-state index contributed by atoms with van der Waals surface area (Å²) in [6.45, 7) is 1.32. The zero-order valence-corrected chi connectivity index (χ0v) is 20.2. The van der Waals surface area contributed by atoms with Crippen LogP contribution in [-0.2, 0) is 9.59 Å². The maximum absolute atomic E-state index is 13.4. The fourth-order valence-electron chi connectivity index (χ4n) is 3.18. The highest BCUT2D eigenvalue weighted by Crippen LogP contribution is 2.40. The van der Waals surface area contributed by atoms with E-state index >= 15 is 0 Å². The number of esters is 1. The van der Waals surface area contributed by atoms with E-state index < -0.39 is 5.97 Å². The molecule has 1 heterocycles. The van der Waals surface area contributed by atoms with Crippen molar-refractivity contribution < 1.29 is 19.1 Å². The second-order valence-corrected chi connectivity index (χ2v) is 8.81. The van der Waals surface area contributed by atoms with E-state index in [0.717, 1.165) is 11.4 Å². The predicted molar refractivity (Wildman–Crippen MR) is 135 cm³/mol. The van der Waals surface area contributed by atoms with Gasteiger partial charge in [0.25, 0.3) is 5.91 Å². The van der Waals surface area contributed by atoms with Gasteiger partial charge >= 0.3 is 5.97 Å². The molecule has 166 valence electrons. The van der Waals surface area contributed by atoms with Crippen LogP contribution in [0.3, 0.4) is 0 Å². The summed E-state index contributed by atoms with van der Waals surface area (Å²) in [5, 5.41) is 0.561. The number of para-hydroxylation sites is 2. The van der Waals surface area contributed by atoms with E-state index in [1.165, 1.54) is 25.8 Å². The van der Waals surface area contributed by atoms with E-state index in [-0.39, 0.29) is 11.7 Å². The van der Waals surface area contributed by atoms with Crippen LogP contribution in [0.25, 0.3) is 6.08 Å². The number of carbonyl (C=O) groups is 2. The summed E-state index contributed by atoms with van der Waals surface area (Å²) in [5.74, 6) is 0.0247. The lowest BCUT2D eigenvalue weighted by atomic mass is 10.1. The zero-order valence-electron chi connectivity index (χ0n) is 17.8. The third kappa shape index (κ3) is 5.18. The van der Waals surface area contributed by atoms with Gasteiger partial charge < -0.3 is 9.47 Å². The maximum Gasteiger partial charge on any atom is 0.308 e. The predicted octanol–water partition coefficient (Wildman–Crippen LogP) is 6.19. The van der Waals surface area contributed by atoms with Crippen molar-refractivity contribution in [1.82, 2.24) is 0 Å². The second-order valence-electron chi connectivity index (χ2n) is 6.94. The van der Waals surface area contributed by atoms with Crippen LogP contribution in [0.1, 0.15) is 12.5 Å². The summed E-state index contributed by atoms with van der Waals surface area (Å²) >= 11 is 4.72. The Morgan fingerprint density at radius 2 is 1.73 bits per heavy atom. The highest BCUT2D eigenvalue weighted by Gasteiger charge is 2.34. The van der Waals surface area contributed by atoms with Gasteiger partial charge in [-0.1, -0.05) is 36.4 Å². The number of aliphatic imine (C=N–C) groups is 1. The largest absolute Gasteiger partial charge is 0.493 e. The quantitative estimate of drug-likeness (QED) is 0.227. The van der Waals surface area contributed by atoms with Crippen LogP contribution in [0.5, 0.6) is 11.5 Å². The third-order valence-electron chi connectivity index (χ3n) is 4.60. The van der Waals surface area contributed by atoms with Gasteiger partial charge in [-0.3, -0.25) is 14.5 Å². The highest BCUT2D eigenvalue weighted by atomic mass is 79.9. The molecule has 1 saturated heterocycles. The van der Waals surface area contributed by atoms with Gasteiger partial charge in [0.05, 0.1) is 27.9 Å². The number of anilines is 1. The normalized spacial score (nSPS) is 15.8. The van der Waals surface area contributed by atoms with Crippen LogP contribution < -0.4 is 14.4 Å². The monoisotopic (exact) mass is 522 g/mol. The molecule has 3 aromatic carbocycles.